The maximum Gasteiger partial charge on any atom is 0.264 e. The number of rotatable bonds is 10. The molecule has 3 aromatic rings. The number of nitrogens with zero attached hydrogens (tertiary/aromatic N) is 2. The van der Waals surface area contributed by atoms with Crippen LogP contribution in [0.2, 0.25) is 5.02 Å². The summed E-state index contributed by atoms with van der Waals surface area (Å²) in [5.74, 6) is -0.763. The number of halogens is 2. The van der Waals surface area contributed by atoms with Crippen molar-refractivity contribution in [3.63, 3.8) is 0 Å². The van der Waals surface area contributed by atoms with Crippen LogP contribution in [0.3, 0.4) is 0 Å². The molecule has 4 rings (SSSR count). The lowest BCUT2D eigenvalue weighted by Crippen LogP contribution is -2.52. The summed E-state index contributed by atoms with van der Waals surface area (Å²) in [4.78, 5) is 29.0. The van der Waals surface area contributed by atoms with Crippen LogP contribution in [0, 0.1) is 13.8 Å². The SMILES string of the molecule is Cc1ccc(S(=O)(=O)N(CC(=O)N(Cc2cccc(Br)c2)C(C)C(=O)NC2CCCC2)c2cccc(Cl)c2C)cc1. The van der Waals surface area contributed by atoms with Gasteiger partial charge < -0.3 is 10.2 Å². The molecule has 1 unspecified atom stereocenters. The van der Waals surface area contributed by atoms with Gasteiger partial charge in [-0.1, -0.05) is 76.3 Å². The van der Waals surface area contributed by atoms with Gasteiger partial charge in [-0.3, -0.25) is 13.9 Å². The van der Waals surface area contributed by atoms with Crippen molar-refractivity contribution in [2.45, 2.75) is 70.0 Å². The monoisotopic (exact) mass is 659 g/mol. The Morgan fingerprint density at radius 2 is 1.68 bits per heavy atom. The molecule has 0 saturated heterocycles. The molecular weight excluding hydrogens is 626 g/mol. The Morgan fingerprint density at radius 1 is 1.02 bits per heavy atom. The fourth-order valence-corrected chi connectivity index (χ4v) is 7.11. The van der Waals surface area contributed by atoms with E-state index in [-0.39, 0.29) is 23.4 Å². The molecule has 2 amide bonds. The molecule has 0 spiro atoms. The first-order valence-electron chi connectivity index (χ1n) is 13.7. The zero-order valence-electron chi connectivity index (χ0n) is 23.4. The minimum Gasteiger partial charge on any atom is -0.352 e. The van der Waals surface area contributed by atoms with E-state index in [1.807, 2.05) is 31.2 Å². The van der Waals surface area contributed by atoms with Gasteiger partial charge in [0.25, 0.3) is 10.0 Å². The summed E-state index contributed by atoms with van der Waals surface area (Å²) in [6.07, 6.45) is 3.94. The number of nitrogens with one attached hydrogen (secondary N) is 1. The quantitative estimate of drug-likeness (QED) is 0.273. The Bertz CT molecular complexity index is 1510. The Balaban J connectivity index is 1.72. The summed E-state index contributed by atoms with van der Waals surface area (Å²) in [7, 11) is -4.16. The van der Waals surface area contributed by atoms with Gasteiger partial charge in [0.2, 0.25) is 11.8 Å². The van der Waals surface area contributed by atoms with Crippen LogP contribution < -0.4 is 9.62 Å². The van der Waals surface area contributed by atoms with Crippen LogP contribution in [-0.2, 0) is 26.2 Å². The van der Waals surface area contributed by atoms with E-state index in [9.17, 15) is 18.0 Å². The Hall–Kier alpha value is -2.88. The van der Waals surface area contributed by atoms with Crippen molar-refractivity contribution in [3.8, 4) is 0 Å². The molecule has 0 aliphatic heterocycles. The third-order valence-corrected chi connectivity index (χ3v) is 10.2. The van der Waals surface area contributed by atoms with Crippen molar-refractivity contribution in [2.24, 2.45) is 0 Å². The maximum absolute atomic E-state index is 14.1. The van der Waals surface area contributed by atoms with Gasteiger partial charge >= 0.3 is 0 Å². The number of benzene rings is 3. The first kappa shape index (κ1) is 31.1. The van der Waals surface area contributed by atoms with Gasteiger partial charge in [0, 0.05) is 22.1 Å². The predicted octanol–water partition coefficient (Wildman–Crippen LogP) is 6.39. The van der Waals surface area contributed by atoms with Crippen LogP contribution in [0.5, 0.6) is 0 Å². The number of aryl methyl sites for hydroxylation is 1. The second-order valence-electron chi connectivity index (χ2n) is 10.5. The van der Waals surface area contributed by atoms with Crippen LogP contribution in [0.25, 0.3) is 0 Å². The number of anilines is 1. The largest absolute Gasteiger partial charge is 0.352 e. The van der Waals surface area contributed by atoms with Gasteiger partial charge in [0.1, 0.15) is 12.6 Å². The van der Waals surface area contributed by atoms with E-state index in [0.717, 1.165) is 45.6 Å². The molecule has 0 radical (unpaired) electrons. The number of amides is 2. The van der Waals surface area contributed by atoms with Crippen molar-refractivity contribution in [3.05, 3.63) is 92.9 Å². The zero-order valence-corrected chi connectivity index (χ0v) is 26.6. The number of sulfonamides is 1. The lowest BCUT2D eigenvalue weighted by molar-refractivity contribution is -0.139. The van der Waals surface area contributed by atoms with Crippen molar-refractivity contribution in [2.75, 3.05) is 10.8 Å². The Kier molecular flexibility index (Phi) is 10.2. The van der Waals surface area contributed by atoms with Gasteiger partial charge in [-0.25, -0.2) is 8.42 Å². The van der Waals surface area contributed by atoms with E-state index in [4.69, 9.17) is 11.6 Å². The van der Waals surface area contributed by atoms with Crippen LogP contribution >= 0.6 is 27.5 Å². The standard InChI is InChI=1S/C31H35BrClN3O4S/c1-21-14-16-27(17-15-21)41(39,40)36(29-13-7-12-28(33)22(29)2)20-30(37)35(19-24-8-6-9-25(32)18-24)23(3)31(38)34-26-10-4-5-11-26/h6-9,12-18,23,26H,4-5,10-11,19-20H2,1-3H3,(H,34,38). The molecule has 0 aromatic heterocycles. The number of carbonyl (C=O) groups excluding carboxylic acids is 2. The second kappa shape index (κ2) is 13.4. The lowest BCUT2D eigenvalue weighted by atomic mass is 10.1. The third-order valence-electron chi connectivity index (χ3n) is 7.51. The summed E-state index contributed by atoms with van der Waals surface area (Å²) in [6.45, 7) is 4.90. The van der Waals surface area contributed by atoms with Gasteiger partial charge in [-0.15, -0.1) is 0 Å². The molecule has 218 valence electrons. The Morgan fingerprint density at radius 3 is 2.34 bits per heavy atom. The first-order chi connectivity index (χ1) is 19.5. The minimum absolute atomic E-state index is 0.0563. The van der Waals surface area contributed by atoms with Gasteiger partial charge in [-0.2, -0.15) is 0 Å². The van der Waals surface area contributed by atoms with Crippen molar-refractivity contribution in [1.29, 1.82) is 0 Å². The average Bonchev–Trinajstić information content (AvgIpc) is 3.45. The molecule has 41 heavy (non-hydrogen) atoms. The lowest BCUT2D eigenvalue weighted by Gasteiger charge is -2.33. The molecule has 1 fully saturated rings. The summed E-state index contributed by atoms with van der Waals surface area (Å²) < 4.78 is 30.0. The third kappa shape index (κ3) is 7.50. The molecule has 0 bridgehead atoms. The highest BCUT2D eigenvalue weighted by Gasteiger charge is 2.34. The second-order valence-corrected chi connectivity index (χ2v) is 13.7. The van der Waals surface area contributed by atoms with Crippen LogP contribution in [0.1, 0.15) is 49.3 Å². The fourth-order valence-electron chi connectivity index (χ4n) is 5.02. The van der Waals surface area contributed by atoms with Crippen LogP contribution in [0.15, 0.2) is 76.1 Å². The molecule has 0 heterocycles. The molecule has 1 atom stereocenters. The zero-order chi connectivity index (χ0) is 29.7. The van der Waals surface area contributed by atoms with E-state index < -0.39 is 28.5 Å². The molecule has 10 heteroatoms. The molecule has 1 aliphatic carbocycles. The van der Waals surface area contributed by atoms with Gasteiger partial charge in [0.05, 0.1) is 10.6 Å². The average molecular weight is 661 g/mol. The van der Waals surface area contributed by atoms with E-state index in [2.05, 4.69) is 21.2 Å². The molecule has 1 saturated carbocycles. The highest BCUT2D eigenvalue weighted by molar-refractivity contribution is 9.10. The molecule has 1 N–H and O–H groups in total. The summed E-state index contributed by atoms with van der Waals surface area (Å²) in [5, 5.41) is 3.47. The number of carbonyl (C=O) groups is 2. The minimum atomic E-state index is -4.16. The van der Waals surface area contributed by atoms with E-state index in [1.54, 1.807) is 44.2 Å². The number of hydrogen-bond acceptors (Lipinski definition) is 4. The van der Waals surface area contributed by atoms with Crippen molar-refractivity contribution in [1.82, 2.24) is 10.2 Å². The van der Waals surface area contributed by atoms with Crippen LogP contribution in [-0.4, -0.2) is 43.8 Å². The number of hydrogen-bond donors (Lipinski definition) is 1. The fraction of sp³-hybridized carbons (Fsp3) is 0.355. The Labute approximate surface area is 256 Å². The molecule has 3 aromatic carbocycles. The first-order valence-corrected chi connectivity index (χ1v) is 16.3. The normalized spacial score (nSPS) is 14.5. The van der Waals surface area contributed by atoms with Gasteiger partial charge in [-0.05, 0) is 81.1 Å². The van der Waals surface area contributed by atoms with E-state index in [1.165, 1.54) is 17.0 Å². The summed E-state index contributed by atoms with van der Waals surface area (Å²) in [5.41, 5.74) is 2.55. The topological polar surface area (TPSA) is 86.8 Å². The molecule has 7 nitrogen and oxygen atoms in total. The summed E-state index contributed by atoms with van der Waals surface area (Å²) >= 11 is 9.87. The highest BCUT2D eigenvalue weighted by atomic mass is 79.9. The predicted molar refractivity (Wildman–Crippen MR) is 166 cm³/mol. The van der Waals surface area contributed by atoms with E-state index in [0.29, 0.717) is 16.3 Å². The maximum atomic E-state index is 14.1. The molecule has 1 aliphatic rings. The smallest absolute Gasteiger partial charge is 0.264 e. The molecular formula is C31H35BrClN3O4S. The van der Waals surface area contributed by atoms with E-state index >= 15 is 0 Å². The van der Waals surface area contributed by atoms with Crippen LogP contribution in [0.4, 0.5) is 5.69 Å². The van der Waals surface area contributed by atoms with Gasteiger partial charge in [0.15, 0.2) is 0 Å². The van der Waals surface area contributed by atoms with Crippen molar-refractivity contribution < 1.29 is 18.0 Å². The summed E-state index contributed by atoms with van der Waals surface area (Å²) in [6, 6.07) is 18.2. The van der Waals surface area contributed by atoms with Crippen molar-refractivity contribution >= 4 is 55.1 Å². The highest BCUT2D eigenvalue weighted by Crippen LogP contribution is 2.31.